The van der Waals surface area contributed by atoms with Crippen molar-refractivity contribution in [1.29, 1.82) is 0 Å². The third-order valence-electron chi connectivity index (χ3n) is 5.34. The van der Waals surface area contributed by atoms with Gasteiger partial charge in [0.15, 0.2) is 0 Å². The van der Waals surface area contributed by atoms with Crippen molar-refractivity contribution >= 4 is 23.4 Å². The van der Waals surface area contributed by atoms with Gasteiger partial charge in [0, 0.05) is 5.69 Å². The number of hydrogen-bond donors (Lipinski definition) is 1. The number of benzene rings is 1. The van der Waals surface area contributed by atoms with E-state index < -0.39 is 23.8 Å². The van der Waals surface area contributed by atoms with Crippen molar-refractivity contribution in [3.05, 3.63) is 64.7 Å². The number of nitrogens with one attached hydrogen (secondary N) is 1. The zero-order valence-electron chi connectivity index (χ0n) is 17.0. The number of aryl methyl sites for hydroxylation is 1. The van der Waals surface area contributed by atoms with Crippen LogP contribution in [0, 0.1) is 20.8 Å². The third kappa shape index (κ3) is 3.04. The molecule has 9 nitrogen and oxygen atoms in total. The molecule has 30 heavy (non-hydrogen) atoms. The first-order valence-electron chi connectivity index (χ1n) is 9.42. The van der Waals surface area contributed by atoms with Gasteiger partial charge in [-0.15, -0.1) is 0 Å². The summed E-state index contributed by atoms with van der Waals surface area (Å²) in [5, 5.41) is 7.07. The maximum Gasteiger partial charge on any atom is 0.262 e. The maximum absolute atomic E-state index is 12.7. The van der Waals surface area contributed by atoms with Crippen LogP contribution in [0.3, 0.4) is 0 Å². The predicted octanol–water partition coefficient (Wildman–Crippen LogP) is 2.21. The number of rotatable bonds is 4. The monoisotopic (exact) mass is 404 g/mol. The summed E-state index contributed by atoms with van der Waals surface area (Å²) in [6.45, 7) is 7.32. The van der Waals surface area contributed by atoms with E-state index in [1.54, 1.807) is 28.9 Å². The molecule has 1 aliphatic heterocycles. The van der Waals surface area contributed by atoms with Gasteiger partial charge in [-0.05, 0) is 45.4 Å². The second-order valence-electron chi connectivity index (χ2n) is 7.17. The molecule has 2 aromatic heterocycles. The molecule has 9 heteroatoms. The Morgan fingerprint density at radius 1 is 1.00 bits per heavy atom. The molecule has 3 amide bonds. The van der Waals surface area contributed by atoms with Gasteiger partial charge in [0.25, 0.3) is 17.8 Å². The Bertz CT molecular complexity index is 1150. The average molecular weight is 404 g/mol. The Hall–Kier alpha value is -3.88. The van der Waals surface area contributed by atoms with Crippen molar-refractivity contribution in [2.75, 3.05) is 5.32 Å². The maximum atomic E-state index is 12.7. The van der Waals surface area contributed by atoms with Gasteiger partial charge in [0.1, 0.15) is 6.04 Å². The van der Waals surface area contributed by atoms with Crippen LogP contribution in [-0.2, 0) is 4.79 Å². The molecule has 152 valence electrons. The van der Waals surface area contributed by atoms with E-state index >= 15 is 0 Å². The second kappa shape index (κ2) is 7.18. The van der Waals surface area contributed by atoms with Crippen LogP contribution in [0.5, 0.6) is 0 Å². The number of carbonyl (C=O) groups is 3. The summed E-state index contributed by atoms with van der Waals surface area (Å²) < 4.78 is 1.64. The zero-order valence-corrected chi connectivity index (χ0v) is 17.0. The molecule has 0 aliphatic carbocycles. The summed E-state index contributed by atoms with van der Waals surface area (Å²) in [6.07, 6.45) is 2.92. The van der Waals surface area contributed by atoms with E-state index in [2.05, 4.69) is 20.4 Å². The molecule has 3 heterocycles. The summed E-state index contributed by atoms with van der Waals surface area (Å²) >= 11 is 0. The minimum atomic E-state index is -0.990. The van der Waals surface area contributed by atoms with Gasteiger partial charge >= 0.3 is 0 Å². The molecule has 0 bridgehead atoms. The minimum absolute atomic E-state index is 0.301. The van der Waals surface area contributed by atoms with Crippen molar-refractivity contribution in [2.45, 2.75) is 33.7 Å². The van der Waals surface area contributed by atoms with Crippen LogP contribution >= 0.6 is 0 Å². The standard InChI is InChI=1S/C21H20N6O3/c1-11-12(2)25-27(13(11)3)21-22-9-15(10-23-21)24-18(28)14(4)26-19(29)16-7-5-6-8-17(16)20(26)30/h5-10,14H,1-4H3,(H,24,28). The van der Waals surface area contributed by atoms with E-state index in [1.165, 1.54) is 19.3 Å². The lowest BCUT2D eigenvalue weighted by Gasteiger charge is -2.21. The molecular weight excluding hydrogens is 384 g/mol. The molecule has 0 spiro atoms. The smallest absolute Gasteiger partial charge is 0.262 e. The summed E-state index contributed by atoms with van der Waals surface area (Å²) in [6, 6.07) is 5.53. The first kappa shape index (κ1) is 19.4. The van der Waals surface area contributed by atoms with Crippen molar-refractivity contribution in [3.63, 3.8) is 0 Å². The number of imide groups is 1. The van der Waals surface area contributed by atoms with Crippen LogP contribution in [0.1, 0.15) is 44.6 Å². The first-order valence-corrected chi connectivity index (χ1v) is 9.42. The number of hydrogen-bond acceptors (Lipinski definition) is 6. The van der Waals surface area contributed by atoms with Gasteiger partial charge in [-0.2, -0.15) is 5.10 Å². The van der Waals surface area contributed by atoms with Crippen molar-refractivity contribution < 1.29 is 14.4 Å². The van der Waals surface area contributed by atoms with Gasteiger partial charge in [-0.1, -0.05) is 12.1 Å². The molecule has 1 N–H and O–H groups in total. The van der Waals surface area contributed by atoms with Crippen LogP contribution in [0.25, 0.3) is 5.95 Å². The number of carbonyl (C=O) groups excluding carboxylic acids is 3. The number of anilines is 1. The van der Waals surface area contributed by atoms with Crippen LogP contribution < -0.4 is 5.32 Å². The van der Waals surface area contributed by atoms with Crippen LogP contribution in [0.4, 0.5) is 5.69 Å². The third-order valence-corrected chi connectivity index (χ3v) is 5.34. The fourth-order valence-electron chi connectivity index (χ4n) is 3.33. The SMILES string of the molecule is Cc1nn(-c2ncc(NC(=O)C(C)N3C(=O)c4ccccc4C3=O)cn2)c(C)c1C. The molecule has 0 saturated heterocycles. The first-order chi connectivity index (χ1) is 14.3. The Morgan fingerprint density at radius 2 is 1.57 bits per heavy atom. The van der Waals surface area contributed by atoms with Gasteiger partial charge in [0.05, 0.1) is 34.9 Å². The highest BCUT2D eigenvalue weighted by Gasteiger charge is 2.40. The van der Waals surface area contributed by atoms with E-state index in [0.717, 1.165) is 21.9 Å². The number of aromatic nitrogens is 4. The second-order valence-corrected chi connectivity index (χ2v) is 7.17. The fourth-order valence-corrected chi connectivity index (χ4v) is 3.33. The molecular formula is C21H20N6O3. The highest BCUT2D eigenvalue weighted by atomic mass is 16.2. The Labute approximate surface area is 172 Å². The molecule has 3 aromatic rings. The van der Waals surface area contributed by atoms with Crippen molar-refractivity contribution in [3.8, 4) is 5.95 Å². The van der Waals surface area contributed by atoms with E-state index in [-0.39, 0.29) is 0 Å². The zero-order chi connectivity index (χ0) is 21.6. The number of amides is 3. The summed E-state index contributed by atoms with van der Waals surface area (Å²) in [5.74, 6) is -1.09. The number of nitrogens with zero attached hydrogens (tertiary/aromatic N) is 5. The van der Waals surface area contributed by atoms with Crippen LogP contribution in [-0.4, -0.2) is 48.4 Å². The minimum Gasteiger partial charge on any atom is -0.322 e. The molecule has 0 saturated carbocycles. The highest BCUT2D eigenvalue weighted by Crippen LogP contribution is 2.25. The molecule has 4 rings (SSSR count). The molecule has 0 radical (unpaired) electrons. The lowest BCUT2D eigenvalue weighted by Crippen LogP contribution is -2.45. The molecule has 1 aromatic carbocycles. The molecule has 1 unspecified atom stereocenters. The van der Waals surface area contributed by atoms with Gasteiger partial charge in [-0.3, -0.25) is 19.3 Å². The molecule has 1 aliphatic rings. The van der Waals surface area contributed by atoms with Gasteiger partial charge in [-0.25, -0.2) is 14.6 Å². The van der Waals surface area contributed by atoms with Crippen molar-refractivity contribution in [1.82, 2.24) is 24.6 Å². The summed E-state index contributed by atoms with van der Waals surface area (Å²) in [4.78, 5) is 47.3. The van der Waals surface area contributed by atoms with Crippen LogP contribution in [0.15, 0.2) is 36.7 Å². The van der Waals surface area contributed by atoms with Crippen molar-refractivity contribution in [2.24, 2.45) is 0 Å². The lowest BCUT2D eigenvalue weighted by atomic mass is 10.1. The van der Waals surface area contributed by atoms with E-state index in [0.29, 0.717) is 22.8 Å². The molecule has 0 fully saturated rings. The Kier molecular flexibility index (Phi) is 4.65. The topological polar surface area (TPSA) is 110 Å². The van der Waals surface area contributed by atoms with Crippen LogP contribution in [0.2, 0.25) is 0 Å². The number of fused-ring (bicyclic) bond motifs is 1. The van der Waals surface area contributed by atoms with Gasteiger partial charge < -0.3 is 5.32 Å². The average Bonchev–Trinajstić information content (AvgIpc) is 3.16. The fraction of sp³-hybridized carbons (Fsp3) is 0.238. The van der Waals surface area contributed by atoms with Gasteiger partial charge in [0.2, 0.25) is 5.91 Å². The predicted molar refractivity (Wildman–Crippen MR) is 108 cm³/mol. The van der Waals surface area contributed by atoms with E-state index in [1.807, 2.05) is 20.8 Å². The van der Waals surface area contributed by atoms with E-state index in [4.69, 9.17) is 0 Å². The Balaban J connectivity index is 1.50. The summed E-state index contributed by atoms with van der Waals surface area (Å²) in [7, 11) is 0. The summed E-state index contributed by atoms with van der Waals surface area (Å²) in [5.41, 5.74) is 3.84. The van der Waals surface area contributed by atoms with E-state index in [9.17, 15) is 14.4 Å². The normalized spacial score (nSPS) is 14.1. The highest BCUT2D eigenvalue weighted by molar-refractivity contribution is 6.23. The largest absolute Gasteiger partial charge is 0.322 e. The Morgan fingerprint density at radius 3 is 2.07 bits per heavy atom. The quantitative estimate of drug-likeness (QED) is 0.668. The lowest BCUT2D eigenvalue weighted by molar-refractivity contribution is -0.119. The molecule has 1 atom stereocenters.